The van der Waals surface area contributed by atoms with Crippen LogP contribution in [-0.2, 0) is 11.3 Å². The van der Waals surface area contributed by atoms with Gasteiger partial charge >= 0.3 is 0 Å². The van der Waals surface area contributed by atoms with Gasteiger partial charge in [-0.2, -0.15) is 0 Å². The Hall–Kier alpha value is -5.24. The van der Waals surface area contributed by atoms with Crippen LogP contribution in [0.25, 0.3) is 33.5 Å². The molecule has 1 aliphatic rings. The highest BCUT2D eigenvalue weighted by Crippen LogP contribution is 2.47. The minimum atomic E-state index is -0.252. The molecule has 0 saturated heterocycles. The van der Waals surface area contributed by atoms with Crippen molar-refractivity contribution in [3.63, 3.8) is 0 Å². The van der Waals surface area contributed by atoms with Crippen LogP contribution in [0.2, 0.25) is 10.0 Å². The number of carbonyl (C=O) groups excluding carboxylic acids is 1. The third kappa shape index (κ3) is 5.90. The molecular weight excluding hydrogens is 659 g/mol. The quantitative estimate of drug-likeness (QED) is 0.0813. The predicted molar refractivity (Wildman–Crippen MR) is 198 cm³/mol. The third-order valence-corrected chi connectivity index (χ3v) is 9.34. The Morgan fingerprint density at radius 2 is 1.31 bits per heavy atom. The second kappa shape index (κ2) is 13.7. The summed E-state index contributed by atoms with van der Waals surface area (Å²) in [6.45, 7) is 1.14. The Morgan fingerprint density at radius 3 is 1.94 bits per heavy atom. The van der Waals surface area contributed by atoms with Crippen LogP contribution in [0.5, 0.6) is 17.2 Å². The number of rotatable bonds is 10. The molecule has 6 aromatic rings. The van der Waals surface area contributed by atoms with Crippen molar-refractivity contribution in [2.24, 2.45) is 0 Å². The van der Waals surface area contributed by atoms with Crippen LogP contribution < -0.4 is 24.5 Å². The van der Waals surface area contributed by atoms with Crippen LogP contribution in [0.3, 0.4) is 0 Å². The van der Waals surface area contributed by atoms with Crippen molar-refractivity contribution in [2.45, 2.75) is 19.4 Å². The van der Waals surface area contributed by atoms with Gasteiger partial charge in [0.1, 0.15) is 0 Å². The first kappa shape index (κ1) is 32.3. The Balaban J connectivity index is 1.12. The van der Waals surface area contributed by atoms with Crippen LogP contribution >= 0.6 is 23.2 Å². The van der Waals surface area contributed by atoms with E-state index < -0.39 is 0 Å². The lowest BCUT2D eigenvalue weighted by Crippen LogP contribution is -2.21. The van der Waals surface area contributed by atoms with Gasteiger partial charge < -0.3 is 18.8 Å². The van der Waals surface area contributed by atoms with Gasteiger partial charge in [-0.25, -0.2) is 0 Å². The van der Waals surface area contributed by atoms with E-state index in [9.17, 15) is 9.59 Å². The number of halogens is 2. The van der Waals surface area contributed by atoms with Gasteiger partial charge in [-0.1, -0.05) is 71.7 Å². The highest BCUT2D eigenvalue weighted by Gasteiger charge is 2.35. The number of amides is 1. The summed E-state index contributed by atoms with van der Waals surface area (Å²) in [5.74, 6) is 1.19. The molecule has 9 heteroatoms. The van der Waals surface area contributed by atoms with Gasteiger partial charge in [0.25, 0.3) is 5.91 Å². The predicted octanol–water partition coefficient (Wildman–Crippen LogP) is 9.56. The summed E-state index contributed by atoms with van der Waals surface area (Å²) in [6, 6.07) is 31.8. The molecule has 1 amide bonds. The maximum atomic E-state index is 14.0. The summed E-state index contributed by atoms with van der Waals surface area (Å²) in [6.07, 6.45) is 3.37. The molecule has 1 aliphatic heterocycles. The van der Waals surface area contributed by atoms with Crippen molar-refractivity contribution in [1.29, 1.82) is 0 Å². The molecule has 0 radical (unpaired) electrons. The van der Waals surface area contributed by atoms with E-state index in [1.54, 1.807) is 43.4 Å². The zero-order valence-electron chi connectivity index (χ0n) is 26.9. The lowest BCUT2D eigenvalue weighted by Gasteiger charge is -2.20. The van der Waals surface area contributed by atoms with Crippen LogP contribution in [0.4, 0.5) is 11.4 Å². The molecule has 0 bridgehead atoms. The second-order valence-corrected chi connectivity index (χ2v) is 12.4. The minimum Gasteiger partial charge on any atom is -0.493 e. The number of aromatic nitrogens is 1. The summed E-state index contributed by atoms with van der Waals surface area (Å²) < 4.78 is 20.0. The van der Waals surface area contributed by atoms with Crippen LogP contribution in [0.15, 0.2) is 108 Å². The molecular formula is C40H32Cl2N2O5. The van der Waals surface area contributed by atoms with E-state index in [4.69, 9.17) is 37.4 Å². The fourth-order valence-corrected chi connectivity index (χ4v) is 7.03. The van der Waals surface area contributed by atoms with Crippen LogP contribution in [0.1, 0.15) is 24.0 Å². The van der Waals surface area contributed by atoms with Crippen molar-refractivity contribution in [1.82, 2.24) is 4.57 Å². The summed E-state index contributed by atoms with van der Waals surface area (Å²) >= 11 is 13.1. The number of methoxy groups -OCH3 is 2. The SMILES string of the molecule is COc1cc(/C=C2\C(=O)N(c3c(Cl)cccc3Cl)c3ccccc32)cc(OC)c1OCCCCn1c2ccccc2c(=O)c2ccccc21. The standard InChI is InChI=1S/C40H32Cl2N2O5/c1-47-35-23-25(22-29-26-12-3-8-19-34(26)44(40(29)46)37-30(41)15-11-16-31(37)42)24-36(48-2)39(35)49-21-10-9-20-43-32-17-6-4-13-27(32)38(45)28-14-5-7-18-33(28)43/h3-8,11-19,22-24H,9-10,20-21H2,1-2H3/b29-22-. The highest BCUT2D eigenvalue weighted by atomic mass is 35.5. The number of pyridine rings is 1. The van der Waals surface area contributed by atoms with Crippen LogP contribution in [0, 0.1) is 0 Å². The van der Waals surface area contributed by atoms with Crippen molar-refractivity contribution < 1.29 is 19.0 Å². The third-order valence-electron chi connectivity index (χ3n) is 8.73. The van der Waals surface area contributed by atoms with Gasteiger partial charge in [0.2, 0.25) is 5.75 Å². The number of nitrogens with zero attached hydrogens (tertiary/aromatic N) is 2. The van der Waals surface area contributed by atoms with E-state index >= 15 is 0 Å². The first-order chi connectivity index (χ1) is 23.9. The van der Waals surface area contributed by atoms with E-state index in [1.807, 2.05) is 84.9 Å². The summed E-state index contributed by atoms with van der Waals surface area (Å²) in [4.78, 5) is 28.6. The molecule has 7 rings (SSSR count). The lowest BCUT2D eigenvalue weighted by atomic mass is 10.0. The van der Waals surface area contributed by atoms with Crippen LogP contribution in [-0.4, -0.2) is 31.3 Å². The Morgan fingerprint density at radius 1 is 0.714 bits per heavy atom. The zero-order chi connectivity index (χ0) is 34.1. The lowest BCUT2D eigenvalue weighted by molar-refractivity contribution is -0.112. The molecule has 1 aromatic heterocycles. The maximum absolute atomic E-state index is 14.0. The average Bonchev–Trinajstić information content (AvgIpc) is 3.39. The number of carbonyl (C=O) groups is 1. The number of unbranched alkanes of at least 4 members (excludes halogenated alkanes) is 1. The van der Waals surface area contributed by atoms with Crippen molar-refractivity contribution in [3.8, 4) is 17.2 Å². The van der Waals surface area contributed by atoms with Gasteiger partial charge in [0, 0.05) is 22.9 Å². The molecule has 0 unspecified atom stereocenters. The normalized spacial score (nSPS) is 13.3. The largest absolute Gasteiger partial charge is 0.493 e. The first-order valence-corrected chi connectivity index (χ1v) is 16.7. The molecule has 0 atom stereocenters. The fraction of sp³-hybridized carbons (Fsp3) is 0.150. The number of para-hydroxylation sites is 4. The van der Waals surface area contributed by atoms with Gasteiger partial charge in [0.15, 0.2) is 16.9 Å². The molecule has 2 heterocycles. The Labute approximate surface area is 293 Å². The molecule has 246 valence electrons. The minimum absolute atomic E-state index is 0.0490. The summed E-state index contributed by atoms with van der Waals surface area (Å²) in [5.41, 5.74) is 4.94. The topological polar surface area (TPSA) is 70.0 Å². The maximum Gasteiger partial charge on any atom is 0.263 e. The summed E-state index contributed by atoms with van der Waals surface area (Å²) in [7, 11) is 3.14. The molecule has 0 saturated carbocycles. The van der Waals surface area contributed by atoms with Crippen molar-refractivity contribution in [3.05, 3.63) is 135 Å². The smallest absolute Gasteiger partial charge is 0.263 e. The van der Waals surface area contributed by atoms with E-state index in [-0.39, 0.29) is 11.3 Å². The molecule has 0 fully saturated rings. The highest BCUT2D eigenvalue weighted by molar-refractivity contribution is 6.44. The number of ether oxygens (including phenoxy) is 3. The van der Waals surface area contributed by atoms with Gasteiger partial charge in [-0.05, 0) is 79.1 Å². The number of benzene rings is 5. The molecule has 0 spiro atoms. The fourth-order valence-electron chi connectivity index (χ4n) is 6.46. The molecule has 49 heavy (non-hydrogen) atoms. The van der Waals surface area contributed by atoms with E-state index in [0.29, 0.717) is 67.2 Å². The monoisotopic (exact) mass is 690 g/mol. The molecule has 0 N–H and O–H groups in total. The zero-order valence-corrected chi connectivity index (χ0v) is 28.4. The summed E-state index contributed by atoms with van der Waals surface area (Å²) in [5, 5.41) is 2.18. The molecule has 5 aromatic carbocycles. The van der Waals surface area contributed by atoms with E-state index in [2.05, 4.69) is 4.57 Å². The van der Waals surface area contributed by atoms with E-state index in [1.165, 1.54) is 0 Å². The number of hydrogen-bond donors (Lipinski definition) is 0. The second-order valence-electron chi connectivity index (χ2n) is 11.6. The van der Waals surface area contributed by atoms with Crippen molar-refractivity contribution in [2.75, 3.05) is 25.7 Å². The number of anilines is 2. The van der Waals surface area contributed by atoms with Gasteiger partial charge in [-0.3, -0.25) is 14.5 Å². The number of hydrogen-bond acceptors (Lipinski definition) is 5. The Kier molecular flexibility index (Phi) is 9.04. The van der Waals surface area contributed by atoms with Gasteiger partial charge in [0.05, 0.1) is 58.9 Å². The molecule has 0 aliphatic carbocycles. The number of aryl methyl sites for hydroxylation is 1. The Bertz CT molecular complexity index is 2230. The van der Waals surface area contributed by atoms with E-state index in [0.717, 1.165) is 36.0 Å². The van der Waals surface area contributed by atoms with Crippen molar-refractivity contribution >= 4 is 73.9 Å². The molecule has 7 nitrogen and oxygen atoms in total. The first-order valence-electron chi connectivity index (χ1n) is 15.9. The average molecular weight is 692 g/mol. The van der Waals surface area contributed by atoms with Gasteiger partial charge in [-0.15, -0.1) is 0 Å². The number of fused-ring (bicyclic) bond motifs is 3.